The van der Waals surface area contributed by atoms with Gasteiger partial charge in [0.15, 0.2) is 0 Å². The summed E-state index contributed by atoms with van der Waals surface area (Å²) in [4.78, 5) is 17.0. The van der Waals surface area contributed by atoms with Crippen LogP contribution in [0.25, 0.3) is 10.9 Å². The Hall–Kier alpha value is -2.66. The number of carbonyl (C=O) groups excluding carboxylic acids is 1. The molecule has 5 nitrogen and oxygen atoms in total. The first-order chi connectivity index (χ1) is 12.2. The average Bonchev–Trinajstić information content (AvgIpc) is 3.04. The topological polar surface area (TPSA) is 56.2 Å². The van der Waals surface area contributed by atoms with Crippen LogP contribution in [0, 0.1) is 0 Å². The van der Waals surface area contributed by atoms with Crippen molar-refractivity contribution in [2.45, 2.75) is 25.9 Å². The summed E-state index contributed by atoms with van der Waals surface area (Å²) in [5.41, 5.74) is 2.80. The molecule has 25 heavy (non-hydrogen) atoms. The van der Waals surface area contributed by atoms with Gasteiger partial charge in [0.25, 0.3) is 5.91 Å². The number of rotatable bonds is 7. The van der Waals surface area contributed by atoms with Crippen LogP contribution in [-0.2, 0) is 11.3 Å². The third-order valence-corrected chi connectivity index (χ3v) is 4.39. The molecule has 0 saturated heterocycles. The zero-order chi connectivity index (χ0) is 17.6. The molecule has 0 aliphatic carbocycles. The monoisotopic (exact) mass is 337 g/mol. The Morgan fingerprint density at radius 3 is 2.72 bits per heavy atom. The molecule has 1 N–H and O–H groups in total. The van der Waals surface area contributed by atoms with Crippen LogP contribution in [0.4, 0.5) is 0 Å². The highest BCUT2D eigenvalue weighted by atomic mass is 16.5. The molecule has 3 rings (SSSR count). The Bertz CT molecular complexity index is 843. The predicted molar refractivity (Wildman–Crippen MR) is 98.5 cm³/mol. The van der Waals surface area contributed by atoms with Crippen LogP contribution in [0.3, 0.4) is 0 Å². The standard InChI is InChI=1S/C20H23N3O2/c1-3-18(15-8-10-21-11-9-15)22-20(24)17-14-23(12-13-25-2)19-7-5-4-6-16(17)19/h4-11,14,18H,3,12-13H2,1-2H3,(H,22,24)/t18-/m1/s1. The first-order valence-electron chi connectivity index (χ1n) is 8.52. The minimum atomic E-state index is -0.0592. The van der Waals surface area contributed by atoms with Gasteiger partial charge < -0.3 is 14.6 Å². The Labute approximate surface area is 147 Å². The van der Waals surface area contributed by atoms with Crippen molar-refractivity contribution in [2.75, 3.05) is 13.7 Å². The maximum absolute atomic E-state index is 12.9. The van der Waals surface area contributed by atoms with Crippen molar-refractivity contribution < 1.29 is 9.53 Å². The molecule has 2 aromatic heterocycles. The van der Waals surface area contributed by atoms with Gasteiger partial charge in [-0.2, -0.15) is 0 Å². The highest BCUT2D eigenvalue weighted by molar-refractivity contribution is 6.07. The van der Waals surface area contributed by atoms with Crippen LogP contribution in [0.5, 0.6) is 0 Å². The van der Waals surface area contributed by atoms with E-state index in [0.29, 0.717) is 18.7 Å². The van der Waals surface area contributed by atoms with Gasteiger partial charge in [0.1, 0.15) is 0 Å². The molecule has 0 spiro atoms. The van der Waals surface area contributed by atoms with Crippen LogP contribution in [-0.4, -0.2) is 29.2 Å². The fourth-order valence-corrected chi connectivity index (χ4v) is 3.06. The van der Waals surface area contributed by atoms with Gasteiger partial charge in [0.05, 0.1) is 18.2 Å². The highest BCUT2D eigenvalue weighted by Gasteiger charge is 2.18. The summed E-state index contributed by atoms with van der Waals surface area (Å²) in [7, 11) is 1.68. The van der Waals surface area contributed by atoms with Gasteiger partial charge in [-0.05, 0) is 30.2 Å². The fourth-order valence-electron chi connectivity index (χ4n) is 3.06. The Balaban J connectivity index is 1.89. The molecule has 3 aromatic rings. The third kappa shape index (κ3) is 3.72. The molecule has 0 saturated carbocycles. The molecular formula is C20H23N3O2. The first-order valence-corrected chi connectivity index (χ1v) is 8.52. The number of ether oxygens (including phenoxy) is 1. The second-order valence-corrected chi connectivity index (χ2v) is 5.96. The summed E-state index contributed by atoms with van der Waals surface area (Å²) in [6.07, 6.45) is 6.23. The van der Waals surface area contributed by atoms with Gasteiger partial charge in [0, 0.05) is 43.1 Å². The number of aromatic nitrogens is 2. The van der Waals surface area contributed by atoms with Gasteiger partial charge in [-0.15, -0.1) is 0 Å². The molecule has 2 heterocycles. The second-order valence-electron chi connectivity index (χ2n) is 5.96. The number of fused-ring (bicyclic) bond motifs is 1. The summed E-state index contributed by atoms with van der Waals surface area (Å²) in [5.74, 6) is -0.0592. The van der Waals surface area contributed by atoms with Crippen molar-refractivity contribution in [3.05, 3.63) is 66.1 Å². The van der Waals surface area contributed by atoms with Crippen molar-refractivity contribution in [3.8, 4) is 0 Å². The van der Waals surface area contributed by atoms with Crippen LogP contribution in [0.15, 0.2) is 55.0 Å². The Morgan fingerprint density at radius 2 is 2.00 bits per heavy atom. The van der Waals surface area contributed by atoms with Crippen molar-refractivity contribution in [1.29, 1.82) is 0 Å². The van der Waals surface area contributed by atoms with Crippen molar-refractivity contribution in [3.63, 3.8) is 0 Å². The van der Waals surface area contributed by atoms with Crippen LogP contribution in [0.1, 0.15) is 35.3 Å². The number of benzene rings is 1. The maximum atomic E-state index is 12.9. The van der Waals surface area contributed by atoms with Gasteiger partial charge in [0.2, 0.25) is 0 Å². The van der Waals surface area contributed by atoms with Crippen molar-refractivity contribution in [1.82, 2.24) is 14.9 Å². The third-order valence-electron chi connectivity index (χ3n) is 4.39. The number of hydrogen-bond donors (Lipinski definition) is 1. The van der Waals surface area contributed by atoms with Crippen molar-refractivity contribution >= 4 is 16.8 Å². The molecule has 5 heteroatoms. The lowest BCUT2D eigenvalue weighted by Crippen LogP contribution is -2.28. The van der Waals surface area contributed by atoms with E-state index >= 15 is 0 Å². The number of nitrogens with one attached hydrogen (secondary N) is 1. The summed E-state index contributed by atoms with van der Waals surface area (Å²) in [5, 5.41) is 4.11. The normalized spacial score (nSPS) is 12.2. The minimum absolute atomic E-state index is 0.0309. The van der Waals surface area contributed by atoms with Gasteiger partial charge in [-0.25, -0.2) is 0 Å². The van der Waals surface area contributed by atoms with Crippen molar-refractivity contribution in [2.24, 2.45) is 0 Å². The zero-order valence-corrected chi connectivity index (χ0v) is 14.6. The Kier molecular flexibility index (Phi) is 5.46. The average molecular weight is 337 g/mol. The van der Waals surface area contributed by atoms with E-state index in [-0.39, 0.29) is 11.9 Å². The van der Waals surface area contributed by atoms with E-state index < -0.39 is 0 Å². The number of methoxy groups -OCH3 is 1. The fraction of sp³-hybridized carbons (Fsp3) is 0.300. The lowest BCUT2D eigenvalue weighted by atomic mass is 10.1. The molecule has 0 aliphatic rings. The lowest BCUT2D eigenvalue weighted by Gasteiger charge is -2.17. The Morgan fingerprint density at radius 1 is 1.24 bits per heavy atom. The molecule has 1 aromatic carbocycles. The van der Waals surface area contributed by atoms with E-state index in [1.165, 1.54) is 0 Å². The summed E-state index contributed by atoms with van der Waals surface area (Å²) in [6, 6.07) is 11.8. The maximum Gasteiger partial charge on any atom is 0.253 e. The van der Waals surface area contributed by atoms with Crippen LogP contribution < -0.4 is 5.32 Å². The van der Waals surface area contributed by atoms with E-state index in [1.54, 1.807) is 19.5 Å². The SMILES string of the molecule is CC[C@@H](NC(=O)c1cn(CCOC)c2ccccc12)c1ccncc1. The molecule has 1 amide bonds. The number of carbonyl (C=O) groups is 1. The lowest BCUT2D eigenvalue weighted by molar-refractivity contribution is 0.0937. The van der Waals surface area contributed by atoms with E-state index in [4.69, 9.17) is 4.74 Å². The minimum Gasteiger partial charge on any atom is -0.383 e. The van der Waals surface area contributed by atoms with Gasteiger partial charge in [-0.1, -0.05) is 25.1 Å². The molecular weight excluding hydrogens is 314 g/mol. The number of amides is 1. The number of para-hydroxylation sites is 1. The molecule has 130 valence electrons. The summed E-state index contributed by atoms with van der Waals surface area (Å²) >= 11 is 0. The number of nitrogens with zero attached hydrogens (tertiary/aromatic N) is 2. The van der Waals surface area contributed by atoms with E-state index in [2.05, 4.69) is 21.8 Å². The van der Waals surface area contributed by atoms with E-state index in [9.17, 15) is 4.79 Å². The summed E-state index contributed by atoms with van der Waals surface area (Å²) < 4.78 is 7.25. The first kappa shape index (κ1) is 17.2. The molecule has 1 atom stereocenters. The quantitative estimate of drug-likeness (QED) is 0.717. The smallest absolute Gasteiger partial charge is 0.253 e. The zero-order valence-electron chi connectivity index (χ0n) is 14.6. The second kappa shape index (κ2) is 7.94. The van der Waals surface area contributed by atoms with Gasteiger partial charge in [-0.3, -0.25) is 9.78 Å². The number of pyridine rings is 1. The van der Waals surface area contributed by atoms with Crippen LogP contribution in [0.2, 0.25) is 0 Å². The number of hydrogen-bond acceptors (Lipinski definition) is 3. The predicted octanol–water partition coefficient (Wildman–Crippen LogP) is 3.56. The van der Waals surface area contributed by atoms with E-state index in [0.717, 1.165) is 22.9 Å². The van der Waals surface area contributed by atoms with E-state index in [1.807, 2.05) is 42.6 Å². The molecule has 0 unspecified atom stereocenters. The molecule has 0 radical (unpaired) electrons. The molecule has 0 aliphatic heterocycles. The molecule has 0 fully saturated rings. The summed E-state index contributed by atoms with van der Waals surface area (Å²) in [6.45, 7) is 3.38. The molecule has 0 bridgehead atoms. The van der Waals surface area contributed by atoms with Gasteiger partial charge >= 0.3 is 0 Å². The largest absolute Gasteiger partial charge is 0.383 e. The van der Waals surface area contributed by atoms with Crippen LogP contribution >= 0.6 is 0 Å². The highest BCUT2D eigenvalue weighted by Crippen LogP contribution is 2.23.